The van der Waals surface area contributed by atoms with E-state index in [1.807, 2.05) is 20.8 Å². The maximum atomic E-state index is 12.8. The van der Waals surface area contributed by atoms with Crippen LogP contribution in [0.1, 0.15) is 39.6 Å². The zero-order valence-electron chi connectivity index (χ0n) is 26.4. The first-order valence-corrected chi connectivity index (χ1v) is 18.9. The molecule has 0 amide bonds. The number of nitrogens with one attached hydrogen (secondary N) is 3. The Labute approximate surface area is 289 Å². The molecule has 0 saturated carbocycles. The maximum Gasteiger partial charge on any atom is 0.355 e. The summed E-state index contributed by atoms with van der Waals surface area (Å²) in [6.07, 6.45) is 0.902. The Hall–Kier alpha value is -3.13. The molecule has 7 N–H and O–H groups in total. The normalized spacial score (nSPS) is 13.1. The van der Waals surface area contributed by atoms with Gasteiger partial charge in [-0.2, -0.15) is 28.4 Å². The molecule has 2 atom stereocenters. The third-order valence-corrected chi connectivity index (χ3v) is 7.73. The number of aromatic nitrogens is 6. The van der Waals surface area contributed by atoms with Crippen molar-refractivity contribution in [1.29, 1.82) is 0 Å². The van der Waals surface area contributed by atoms with Gasteiger partial charge in [-0.25, -0.2) is 17.8 Å². The number of carbonyl (C=O) groups is 1. The predicted octanol–water partition coefficient (Wildman–Crippen LogP) is 3.88. The van der Waals surface area contributed by atoms with Gasteiger partial charge in [0.25, 0.3) is 0 Å². The molecule has 0 aliphatic carbocycles. The Morgan fingerprint density at radius 2 is 1.71 bits per heavy atom. The first-order valence-electron chi connectivity index (χ1n) is 13.6. The zero-order chi connectivity index (χ0) is 37.1. The summed E-state index contributed by atoms with van der Waals surface area (Å²) in [5.74, 6) is -0.376. The molecule has 270 valence electrons. The van der Waals surface area contributed by atoms with Crippen LogP contribution in [0.15, 0.2) is 16.9 Å². The lowest BCUT2D eigenvalue weighted by Crippen LogP contribution is -2.30. The second-order valence-electron chi connectivity index (χ2n) is 10.1. The smallest absolute Gasteiger partial charge is 0.355 e. The van der Waals surface area contributed by atoms with Crippen molar-refractivity contribution in [3.63, 3.8) is 0 Å². The van der Waals surface area contributed by atoms with Gasteiger partial charge in [0.2, 0.25) is 27.2 Å². The van der Waals surface area contributed by atoms with Crippen molar-refractivity contribution in [3.8, 4) is 5.69 Å². The number of nitrogens with zero attached hydrogens (tertiary/aromatic N) is 6. The van der Waals surface area contributed by atoms with Gasteiger partial charge in [-0.3, -0.25) is 14.1 Å². The molecular weight excluding hydrogens is 748 g/mol. The maximum absolute atomic E-state index is 12.8. The van der Waals surface area contributed by atoms with Crippen molar-refractivity contribution in [2.24, 2.45) is 5.73 Å². The van der Waals surface area contributed by atoms with Gasteiger partial charge in [0, 0.05) is 25.4 Å². The van der Waals surface area contributed by atoms with E-state index in [-0.39, 0.29) is 55.7 Å². The van der Waals surface area contributed by atoms with E-state index >= 15 is 0 Å². The lowest BCUT2D eigenvalue weighted by atomic mass is 10.2. The van der Waals surface area contributed by atoms with Crippen LogP contribution in [-0.4, -0.2) is 91.4 Å². The summed E-state index contributed by atoms with van der Waals surface area (Å²) in [4.78, 5) is 42.9. The second-order valence-corrected chi connectivity index (χ2v) is 15.6. The number of carboxylic acids is 1. The molecule has 17 nitrogen and oxygen atoms in total. The van der Waals surface area contributed by atoms with E-state index < -0.39 is 41.6 Å². The van der Waals surface area contributed by atoms with Crippen LogP contribution >= 0.6 is 42.2 Å². The van der Waals surface area contributed by atoms with Crippen molar-refractivity contribution in [1.82, 2.24) is 29.3 Å². The highest BCUT2D eigenvalue weighted by atomic mass is 35.5. The van der Waals surface area contributed by atoms with Crippen molar-refractivity contribution in [2.45, 2.75) is 52.7 Å². The first kappa shape index (κ1) is 42.9. The van der Waals surface area contributed by atoms with E-state index in [0.29, 0.717) is 16.6 Å². The number of hydrogen-bond donors (Lipinski definition) is 6. The summed E-state index contributed by atoms with van der Waals surface area (Å²) in [5.41, 5.74) is 3.82. The number of halogens is 5. The number of aliphatic carboxylic acids is 1. The highest BCUT2D eigenvalue weighted by Gasteiger charge is 2.21. The van der Waals surface area contributed by atoms with Crippen LogP contribution in [0.5, 0.6) is 0 Å². The van der Waals surface area contributed by atoms with Crippen molar-refractivity contribution < 1.29 is 36.6 Å². The second kappa shape index (κ2) is 18.6. The summed E-state index contributed by atoms with van der Waals surface area (Å²) < 4.78 is 61.9. The lowest BCUT2D eigenvalue weighted by Gasteiger charge is -2.10. The van der Waals surface area contributed by atoms with Gasteiger partial charge in [0.15, 0.2) is 7.37 Å². The van der Waals surface area contributed by atoms with Crippen LogP contribution in [0.2, 0.25) is 15.3 Å². The Balaban J connectivity index is 0.000000394. The molecule has 2 aromatic heterocycles. The average Bonchev–Trinajstić information content (AvgIpc) is 3.21. The summed E-state index contributed by atoms with van der Waals surface area (Å²) in [6.45, 7) is 6.06. The standard InChI is InChI=1S/C11H10Cl2F2N4O3S.C8H14ClN5.C5H12NO4P/c1-5-16-19(11(20)18(5)10(14)15)9-4-8(17-23(2,21)22)6(12)3-7(9)13;1-4-10-7-12-6(9)13-8(14-7)11-5(2)3;1-11(9,10)3-2-4(6)5(7)8/h3-4,10,17H,1-2H3;5H,4H2,1-3H3,(H2,10,11,12,13,14);4H,2-3,6H2,1H3,(H,7,8)(H,9,10). The van der Waals surface area contributed by atoms with Gasteiger partial charge in [-0.15, -0.1) is 5.10 Å². The summed E-state index contributed by atoms with van der Waals surface area (Å²) in [7, 11) is -6.75. The molecule has 3 aromatic rings. The Kier molecular flexibility index (Phi) is 16.6. The molecule has 1 aromatic carbocycles. The molecule has 24 heteroatoms. The van der Waals surface area contributed by atoms with Crippen molar-refractivity contribution >= 4 is 75.7 Å². The fourth-order valence-corrected chi connectivity index (χ4v) is 5.30. The molecule has 2 heterocycles. The van der Waals surface area contributed by atoms with E-state index in [1.165, 1.54) is 19.7 Å². The van der Waals surface area contributed by atoms with Gasteiger partial charge in [-0.05, 0) is 57.8 Å². The van der Waals surface area contributed by atoms with E-state index in [2.05, 4.69) is 35.4 Å². The van der Waals surface area contributed by atoms with Crippen molar-refractivity contribution in [2.75, 3.05) is 41.0 Å². The summed E-state index contributed by atoms with van der Waals surface area (Å²) >= 11 is 17.6. The number of alkyl halides is 2. The monoisotopic (exact) mass is 782 g/mol. The number of hydrogen-bond acceptors (Lipinski definition) is 12. The van der Waals surface area contributed by atoms with Gasteiger partial charge in [0.1, 0.15) is 11.9 Å². The van der Waals surface area contributed by atoms with Gasteiger partial charge >= 0.3 is 18.2 Å². The molecule has 0 spiro atoms. The van der Waals surface area contributed by atoms with Crippen LogP contribution in [0.4, 0.5) is 26.4 Å². The summed E-state index contributed by atoms with van der Waals surface area (Å²) in [6, 6.07) is 1.54. The summed E-state index contributed by atoms with van der Waals surface area (Å²) in [5, 5.41) is 18.1. The SMILES string of the molecule is CCNc1nc(Cl)nc(NC(C)C)n1.CP(=O)(O)CCC(N)C(=O)O.Cc1nn(-c2cc(NS(C)(=O)=O)c(Cl)cc2Cl)c(=O)n1C(F)F. The largest absolute Gasteiger partial charge is 0.480 e. The number of nitrogens with two attached hydrogens (primary N) is 1. The average molecular weight is 784 g/mol. The Bertz CT molecular complexity index is 1780. The van der Waals surface area contributed by atoms with Crippen LogP contribution < -0.4 is 26.8 Å². The number of carboxylic acid groups (broad SMARTS) is 1. The number of rotatable bonds is 12. The van der Waals surface area contributed by atoms with Crippen molar-refractivity contribution in [3.05, 3.63) is 43.8 Å². The Morgan fingerprint density at radius 3 is 2.17 bits per heavy atom. The first-order chi connectivity index (χ1) is 21.9. The van der Waals surface area contributed by atoms with E-state index in [1.54, 1.807) is 0 Å². The molecule has 0 aliphatic rings. The van der Waals surface area contributed by atoms with Crippen LogP contribution in [-0.2, 0) is 19.4 Å². The highest BCUT2D eigenvalue weighted by Crippen LogP contribution is 2.35. The third-order valence-electron chi connectivity index (χ3n) is 5.27. The van der Waals surface area contributed by atoms with Gasteiger partial charge in [-0.1, -0.05) is 23.2 Å². The molecule has 48 heavy (non-hydrogen) atoms. The third kappa shape index (κ3) is 15.0. The van der Waals surface area contributed by atoms with E-state index in [4.69, 9.17) is 50.5 Å². The Morgan fingerprint density at radius 1 is 1.12 bits per heavy atom. The fraction of sp³-hybridized carbons (Fsp3) is 0.500. The number of aryl methyl sites for hydroxylation is 1. The number of benzene rings is 1. The number of anilines is 3. The highest BCUT2D eigenvalue weighted by molar-refractivity contribution is 7.92. The van der Waals surface area contributed by atoms with Crippen LogP contribution in [0.3, 0.4) is 0 Å². The van der Waals surface area contributed by atoms with E-state index in [9.17, 15) is 31.4 Å². The van der Waals surface area contributed by atoms with E-state index in [0.717, 1.165) is 18.9 Å². The molecular formula is C24H36Cl3F2N10O7PS. The quantitative estimate of drug-likeness (QED) is 0.143. The van der Waals surface area contributed by atoms with Gasteiger partial charge in [0.05, 0.1) is 27.7 Å². The fourth-order valence-electron chi connectivity index (χ4n) is 3.25. The molecule has 0 aliphatic heterocycles. The zero-order valence-corrected chi connectivity index (χ0v) is 30.4. The lowest BCUT2D eigenvalue weighted by molar-refractivity contribution is -0.138. The van der Waals surface area contributed by atoms with Crippen LogP contribution in [0.25, 0.3) is 5.69 Å². The topological polar surface area (TPSA) is 249 Å². The number of sulfonamides is 1. The minimum Gasteiger partial charge on any atom is -0.480 e. The minimum atomic E-state index is -3.65. The molecule has 0 bridgehead atoms. The molecule has 0 fully saturated rings. The molecule has 0 saturated heterocycles. The molecule has 2 unspecified atom stereocenters. The van der Waals surface area contributed by atoms with Gasteiger partial charge < -0.3 is 26.4 Å². The minimum absolute atomic E-state index is 0.0257. The predicted molar refractivity (Wildman–Crippen MR) is 181 cm³/mol. The molecule has 0 radical (unpaired) electrons. The molecule has 3 rings (SSSR count). The van der Waals surface area contributed by atoms with Crippen LogP contribution in [0, 0.1) is 6.92 Å².